The van der Waals surface area contributed by atoms with Crippen molar-refractivity contribution in [2.24, 2.45) is 0 Å². The zero-order valence-corrected chi connectivity index (χ0v) is 13.9. The fourth-order valence-electron chi connectivity index (χ4n) is 2.05. The molecule has 0 fully saturated rings. The molecule has 0 aliphatic carbocycles. The number of carbonyl (C=O) groups excluding carboxylic acids is 1. The van der Waals surface area contributed by atoms with Gasteiger partial charge in [-0.25, -0.2) is 0 Å². The Morgan fingerprint density at radius 3 is 2.25 bits per heavy atom. The normalized spacial score (nSPS) is 11.6. The summed E-state index contributed by atoms with van der Waals surface area (Å²) >= 11 is 5.81. The maximum Gasteiger partial charge on any atom is 0.307 e. The van der Waals surface area contributed by atoms with Crippen molar-refractivity contribution in [1.82, 2.24) is 5.32 Å². The van der Waals surface area contributed by atoms with Gasteiger partial charge in [0.15, 0.2) is 6.10 Å². The number of hydrogen-bond donors (Lipinski definition) is 2. The summed E-state index contributed by atoms with van der Waals surface area (Å²) in [5.74, 6) is -0.614. The second-order valence-corrected chi connectivity index (χ2v) is 5.76. The molecule has 0 saturated carbocycles. The number of carboxylic acid groups (broad SMARTS) is 1. The summed E-state index contributed by atoms with van der Waals surface area (Å²) in [6.45, 7) is 2.05. The maximum atomic E-state index is 12.1. The van der Waals surface area contributed by atoms with Crippen LogP contribution in [0.3, 0.4) is 0 Å². The van der Waals surface area contributed by atoms with E-state index in [9.17, 15) is 9.59 Å². The van der Waals surface area contributed by atoms with Crippen LogP contribution in [0.5, 0.6) is 5.75 Å². The molecular formula is C18H18ClNO4. The minimum absolute atomic E-state index is 0.0442. The minimum atomic E-state index is -0.890. The van der Waals surface area contributed by atoms with Crippen LogP contribution in [0.25, 0.3) is 0 Å². The van der Waals surface area contributed by atoms with Crippen LogP contribution < -0.4 is 10.1 Å². The van der Waals surface area contributed by atoms with E-state index >= 15 is 0 Å². The van der Waals surface area contributed by atoms with Crippen LogP contribution in [0, 0.1) is 0 Å². The average molecular weight is 348 g/mol. The fourth-order valence-corrected chi connectivity index (χ4v) is 2.18. The summed E-state index contributed by atoms with van der Waals surface area (Å²) in [6.07, 6.45) is -0.708. The largest absolute Gasteiger partial charge is 0.481 e. The summed E-state index contributed by atoms with van der Waals surface area (Å²) < 4.78 is 5.56. The van der Waals surface area contributed by atoms with Crippen molar-refractivity contribution in [3.05, 3.63) is 64.7 Å². The van der Waals surface area contributed by atoms with E-state index in [1.165, 1.54) is 0 Å². The van der Waals surface area contributed by atoms with Crippen LogP contribution in [-0.4, -0.2) is 23.1 Å². The van der Waals surface area contributed by atoms with Crippen LogP contribution in [0.1, 0.15) is 18.1 Å². The number of carbonyl (C=O) groups is 2. The lowest BCUT2D eigenvalue weighted by Crippen LogP contribution is -2.35. The number of halogens is 1. The number of nitrogens with one attached hydrogen (secondary N) is 1. The highest BCUT2D eigenvalue weighted by Gasteiger charge is 2.14. The first-order valence-electron chi connectivity index (χ1n) is 7.43. The van der Waals surface area contributed by atoms with Gasteiger partial charge in [0.25, 0.3) is 5.91 Å². The minimum Gasteiger partial charge on any atom is -0.481 e. The number of ether oxygens (including phenoxy) is 1. The summed E-state index contributed by atoms with van der Waals surface area (Å²) in [6, 6.07) is 13.9. The highest BCUT2D eigenvalue weighted by atomic mass is 35.5. The summed E-state index contributed by atoms with van der Waals surface area (Å²) in [5, 5.41) is 12.2. The first-order valence-corrected chi connectivity index (χ1v) is 7.81. The number of carboxylic acids is 1. The number of rotatable bonds is 7. The lowest BCUT2D eigenvalue weighted by atomic mass is 10.1. The van der Waals surface area contributed by atoms with E-state index in [2.05, 4.69) is 5.32 Å². The van der Waals surface area contributed by atoms with Crippen molar-refractivity contribution in [2.45, 2.75) is 26.0 Å². The number of benzene rings is 2. The third-order valence-electron chi connectivity index (χ3n) is 3.34. The molecule has 2 N–H and O–H groups in total. The van der Waals surface area contributed by atoms with Crippen molar-refractivity contribution in [3.63, 3.8) is 0 Å². The second-order valence-electron chi connectivity index (χ2n) is 5.32. The lowest BCUT2D eigenvalue weighted by Gasteiger charge is -2.15. The predicted octanol–water partition coefficient (Wildman–Crippen LogP) is 3.05. The quantitative estimate of drug-likeness (QED) is 0.807. The number of hydrogen-bond acceptors (Lipinski definition) is 3. The van der Waals surface area contributed by atoms with E-state index in [0.29, 0.717) is 22.9 Å². The standard InChI is InChI=1S/C18H18ClNO4/c1-12(18(23)20-11-14-2-6-15(19)7-3-14)24-16-8-4-13(5-9-16)10-17(21)22/h2-9,12H,10-11H2,1H3,(H,20,23)(H,21,22)/t12-/m0/s1. The predicted molar refractivity (Wildman–Crippen MR) is 91.2 cm³/mol. The van der Waals surface area contributed by atoms with Gasteiger partial charge in [0.1, 0.15) is 5.75 Å². The molecule has 0 spiro atoms. The Hall–Kier alpha value is -2.53. The van der Waals surface area contributed by atoms with Crippen molar-refractivity contribution in [3.8, 4) is 5.75 Å². The van der Waals surface area contributed by atoms with Gasteiger partial charge in [0, 0.05) is 11.6 Å². The lowest BCUT2D eigenvalue weighted by molar-refractivity contribution is -0.136. The molecule has 0 aromatic heterocycles. The molecule has 2 rings (SSSR count). The average Bonchev–Trinajstić information content (AvgIpc) is 2.55. The molecule has 0 radical (unpaired) electrons. The van der Waals surface area contributed by atoms with E-state index in [0.717, 1.165) is 5.56 Å². The van der Waals surface area contributed by atoms with Gasteiger partial charge >= 0.3 is 5.97 Å². The zero-order valence-electron chi connectivity index (χ0n) is 13.2. The van der Waals surface area contributed by atoms with Gasteiger partial charge in [-0.3, -0.25) is 9.59 Å². The molecule has 2 aromatic carbocycles. The van der Waals surface area contributed by atoms with Crippen LogP contribution >= 0.6 is 11.6 Å². The van der Waals surface area contributed by atoms with Gasteiger partial charge in [-0.1, -0.05) is 35.9 Å². The van der Waals surface area contributed by atoms with E-state index in [4.69, 9.17) is 21.4 Å². The molecule has 1 atom stereocenters. The van der Waals surface area contributed by atoms with Crippen molar-refractivity contribution in [2.75, 3.05) is 0 Å². The first-order chi connectivity index (χ1) is 11.4. The molecule has 0 saturated heterocycles. The third-order valence-corrected chi connectivity index (χ3v) is 3.59. The molecule has 0 bridgehead atoms. The molecule has 6 heteroatoms. The SMILES string of the molecule is C[C@H](Oc1ccc(CC(=O)O)cc1)C(=O)NCc1ccc(Cl)cc1. The molecule has 0 unspecified atom stereocenters. The molecule has 5 nitrogen and oxygen atoms in total. The fraction of sp³-hybridized carbons (Fsp3) is 0.222. The first kappa shape index (κ1) is 17.8. The molecule has 126 valence electrons. The van der Waals surface area contributed by atoms with Crippen LogP contribution in [-0.2, 0) is 22.6 Å². The Labute approximate surface area is 145 Å². The Morgan fingerprint density at radius 2 is 1.67 bits per heavy atom. The van der Waals surface area contributed by atoms with Crippen molar-refractivity contribution < 1.29 is 19.4 Å². The van der Waals surface area contributed by atoms with E-state index in [1.807, 2.05) is 12.1 Å². The van der Waals surface area contributed by atoms with Crippen LogP contribution in [0.15, 0.2) is 48.5 Å². The highest BCUT2D eigenvalue weighted by molar-refractivity contribution is 6.30. The van der Waals surface area contributed by atoms with Gasteiger partial charge in [-0.05, 0) is 42.3 Å². The molecular weight excluding hydrogens is 330 g/mol. The highest BCUT2D eigenvalue weighted by Crippen LogP contribution is 2.15. The van der Waals surface area contributed by atoms with Gasteiger partial charge < -0.3 is 15.2 Å². The van der Waals surface area contributed by atoms with E-state index in [-0.39, 0.29) is 12.3 Å². The summed E-state index contributed by atoms with van der Waals surface area (Å²) in [7, 11) is 0. The van der Waals surface area contributed by atoms with Crippen LogP contribution in [0.2, 0.25) is 5.02 Å². The maximum absolute atomic E-state index is 12.1. The van der Waals surface area contributed by atoms with Crippen molar-refractivity contribution in [1.29, 1.82) is 0 Å². The molecule has 1 amide bonds. The Kier molecular flexibility index (Phi) is 6.21. The van der Waals surface area contributed by atoms with Gasteiger partial charge in [0.2, 0.25) is 0 Å². The molecule has 2 aromatic rings. The molecule has 24 heavy (non-hydrogen) atoms. The van der Waals surface area contributed by atoms with Crippen LogP contribution in [0.4, 0.5) is 0 Å². The van der Waals surface area contributed by atoms with Gasteiger partial charge in [0.05, 0.1) is 6.42 Å². The van der Waals surface area contributed by atoms with Crippen molar-refractivity contribution >= 4 is 23.5 Å². The number of aliphatic carboxylic acids is 1. The smallest absolute Gasteiger partial charge is 0.307 e. The zero-order chi connectivity index (χ0) is 17.5. The Bertz CT molecular complexity index is 698. The van der Waals surface area contributed by atoms with Gasteiger partial charge in [-0.15, -0.1) is 0 Å². The van der Waals surface area contributed by atoms with Gasteiger partial charge in [-0.2, -0.15) is 0 Å². The van der Waals surface area contributed by atoms with E-state index < -0.39 is 12.1 Å². The second kappa shape index (κ2) is 8.36. The summed E-state index contributed by atoms with van der Waals surface area (Å²) in [5.41, 5.74) is 1.62. The molecule has 0 heterocycles. The van der Waals surface area contributed by atoms with E-state index in [1.54, 1.807) is 43.3 Å². The number of amides is 1. The topological polar surface area (TPSA) is 75.6 Å². The Balaban J connectivity index is 1.84. The molecule has 0 aliphatic heterocycles. The molecule has 0 aliphatic rings. The Morgan fingerprint density at radius 1 is 1.08 bits per heavy atom. The third kappa shape index (κ3) is 5.59. The monoisotopic (exact) mass is 347 g/mol. The summed E-state index contributed by atoms with van der Waals surface area (Å²) in [4.78, 5) is 22.7.